The van der Waals surface area contributed by atoms with E-state index in [1.54, 1.807) is 7.11 Å². The van der Waals surface area contributed by atoms with Crippen LogP contribution in [0.3, 0.4) is 0 Å². The minimum Gasteiger partial charge on any atom is -0.383 e. The summed E-state index contributed by atoms with van der Waals surface area (Å²) in [5.41, 5.74) is 3.74. The SMILES string of the molecule is COCCN(Cc1ccc(C)cc1)Cc1ccc(Cl)nc1. The molecular weight excluding hydrogens is 284 g/mol. The fourth-order valence-corrected chi connectivity index (χ4v) is 2.26. The minimum absolute atomic E-state index is 0.528. The van der Waals surface area contributed by atoms with E-state index in [1.165, 1.54) is 11.1 Å². The predicted molar refractivity (Wildman–Crippen MR) is 86.4 cm³/mol. The van der Waals surface area contributed by atoms with Crippen LogP contribution >= 0.6 is 11.6 Å². The summed E-state index contributed by atoms with van der Waals surface area (Å²) in [5.74, 6) is 0. The monoisotopic (exact) mass is 304 g/mol. The number of rotatable bonds is 7. The van der Waals surface area contributed by atoms with E-state index in [4.69, 9.17) is 16.3 Å². The Morgan fingerprint density at radius 2 is 1.71 bits per heavy atom. The van der Waals surface area contributed by atoms with E-state index in [9.17, 15) is 0 Å². The quantitative estimate of drug-likeness (QED) is 0.729. The molecule has 1 aromatic carbocycles. The maximum absolute atomic E-state index is 5.83. The Balaban J connectivity index is 2.02. The Labute approximate surface area is 131 Å². The van der Waals surface area contributed by atoms with Crippen molar-refractivity contribution in [1.29, 1.82) is 0 Å². The summed E-state index contributed by atoms with van der Waals surface area (Å²) in [5, 5.41) is 0.528. The lowest BCUT2D eigenvalue weighted by Gasteiger charge is -2.22. The van der Waals surface area contributed by atoms with E-state index in [1.807, 2.05) is 18.3 Å². The van der Waals surface area contributed by atoms with Gasteiger partial charge >= 0.3 is 0 Å². The second-order valence-corrected chi connectivity index (χ2v) is 5.57. The number of hydrogen-bond acceptors (Lipinski definition) is 3. The molecule has 0 saturated carbocycles. The maximum atomic E-state index is 5.83. The molecule has 0 aliphatic rings. The van der Waals surface area contributed by atoms with Gasteiger partial charge in [-0.2, -0.15) is 0 Å². The number of methoxy groups -OCH3 is 1. The van der Waals surface area contributed by atoms with Gasteiger partial charge in [-0.25, -0.2) is 4.98 Å². The van der Waals surface area contributed by atoms with Gasteiger partial charge in [-0.1, -0.05) is 47.5 Å². The normalized spacial score (nSPS) is 11.0. The zero-order valence-corrected chi connectivity index (χ0v) is 13.3. The summed E-state index contributed by atoms with van der Waals surface area (Å²) in [7, 11) is 1.73. The highest BCUT2D eigenvalue weighted by molar-refractivity contribution is 6.29. The lowest BCUT2D eigenvalue weighted by atomic mass is 10.1. The zero-order valence-electron chi connectivity index (χ0n) is 12.6. The van der Waals surface area contributed by atoms with E-state index in [0.717, 1.165) is 25.2 Å². The Morgan fingerprint density at radius 1 is 1.05 bits per heavy atom. The molecule has 0 aliphatic carbocycles. The summed E-state index contributed by atoms with van der Waals surface area (Å²) in [4.78, 5) is 6.48. The standard InChI is InChI=1S/C17H21ClN2O/c1-14-3-5-15(6-4-14)12-20(9-10-21-2)13-16-7-8-17(18)19-11-16/h3-8,11H,9-10,12-13H2,1-2H3. The van der Waals surface area contributed by atoms with Crippen LogP contribution in [0.4, 0.5) is 0 Å². The lowest BCUT2D eigenvalue weighted by molar-refractivity contribution is 0.140. The van der Waals surface area contributed by atoms with Crippen molar-refractivity contribution in [2.24, 2.45) is 0 Å². The molecule has 21 heavy (non-hydrogen) atoms. The summed E-state index contributed by atoms with van der Waals surface area (Å²) in [6, 6.07) is 12.5. The summed E-state index contributed by atoms with van der Waals surface area (Å²) in [6.07, 6.45) is 1.83. The van der Waals surface area contributed by atoms with Crippen LogP contribution in [0.25, 0.3) is 0 Å². The number of ether oxygens (including phenoxy) is 1. The highest BCUT2D eigenvalue weighted by Gasteiger charge is 2.07. The molecule has 4 heteroatoms. The number of halogens is 1. The van der Waals surface area contributed by atoms with E-state index < -0.39 is 0 Å². The molecule has 2 aromatic rings. The van der Waals surface area contributed by atoms with Gasteiger partial charge in [0.05, 0.1) is 6.61 Å². The van der Waals surface area contributed by atoms with Gasteiger partial charge in [0.25, 0.3) is 0 Å². The van der Waals surface area contributed by atoms with Crippen LogP contribution in [0.1, 0.15) is 16.7 Å². The lowest BCUT2D eigenvalue weighted by Crippen LogP contribution is -2.26. The van der Waals surface area contributed by atoms with Crippen molar-refractivity contribution < 1.29 is 4.74 Å². The average Bonchev–Trinajstić information content (AvgIpc) is 2.49. The smallest absolute Gasteiger partial charge is 0.129 e. The van der Waals surface area contributed by atoms with Crippen LogP contribution in [0, 0.1) is 6.92 Å². The first-order chi connectivity index (χ1) is 10.2. The fraction of sp³-hybridized carbons (Fsp3) is 0.353. The minimum atomic E-state index is 0.528. The molecule has 0 fully saturated rings. The Kier molecular flexibility index (Phi) is 6.18. The molecule has 0 N–H and O–H groups in total. The number of hydrogen-bond donors (Lipinski definition) is 0. The molecule has 0 atom stereocenters. The van der Waals surface area contributed by atoms with Crippen molar-refractivity contribution >= 4 is 11.6 Å². The average molecular weight is 305 g/mol. The van der Waals surface area contributed by atoms with Gasteiger partial charge in [0.1, 0.15) is 5.15 Å². The molecular formula is C17H21ClN2O. The highest BCUT2D eigenvalue weighted by atomic mass is 35.5. The first-order valence-electron chi connectivity index (χ1n) is 7.04. The third-order valence-electron chi connectivity index (χ3n) is 3.33. The molecule has 1 heterocycles. The van der Waals surface area contributed by atoms with Crippen molar-refractivity contribution in [2.75, 3.05) is 20.3 Å². The summed E-state index contributed by atoms with van der Waals surface area (Å²) >= 11 is 5.83. The van der Waals surface area contributed by atoms with Gasteiger partial charge in [0.2, 0.25) is 0 Å². The van der Waals surface area contributed by atoms with Crippen molar-refractivity contribution in [3.05, 3.63) is 64.4 Å². The molecule has 0 bridgehead atoms. The van der Waals surface area contributed by atoms with E-state index in [0.29, 0.717) is 11.8 Å². The second kappa shape index (κ2) is 8.13. The summed E-state index contributed by atoms with van der Waals surface area (Å²) < 4.78 is 5.21. The topological polar surface area (TPSA) is 25.4 Å². The molecule has 1 aromatic heterocycles. The highest BCUT2D eigenvalue weighted by Crippen LogP contribution is 2.12. The molecule has 3 nitrogen and oxygen atoms in total. The molecule has 0 radical (unpaired) electrons. The number of aryl methyl sites for hydroxylation is 1. The molecule has 0 amide bonds. The van der Waals surface area contributed by atoms with Gasteiger partial charge in [-0.15, -0.1) is 0 Å². The number of pyridine rings is 1. The van der Waals surface area contributed by atoms with Gasteiger partial charge in [-0.05, 0) is 24.1 Å². The van der Waals surface area contributed by atoms with Gasteiger partial charge in [0, 0.05) is 32.9 Å². The maximum Gasteiger partial charge on any atom is 0.129 e. The second-order valence-electron chi connectivity index (χ2n) is 5.18. The van der Waals surface area contributed by atoms with Crippen molar-refractivity contribution in [2.45, 2.75) is 20.0 Å². The zero-order chi connectivity index (χ0) is 15.1. The van der Waals surface area contributed by atoms with E-state index in [-0.39, 0.29) is 0 Å². The largest absolute Gasteiger partial charge is 0.383 e. The number of nitrogens with zero attached hydrogens (tertiary/aromatic N) is 2. The Morgan fingerprint density at radius 3 is 2.33 bits per heavy atom. The molecule has 0 saturated heterocycles. The molecule has 0 spiro atoms. The van der Waals surface area contributed by atoms with Crippen LogP contribution in [-0.4, -0.2) is 30.1 Å². The van der Waals surface area contributed by atoms with Gasteiger partial charge < -0.3 is 4.74 Å². The van der Waals surface area contributed by atoms with Gasteiger partial charge in [-0.3, -0.25) is 4.90 Å². The summed E-state index contributed by atoms with van der Waals surface area (Å²) in [6.45, 7) is 5.43. The van der Waals surface area contributed by atoms with Crippen molar-refractivity contribution in [3.63, 3.8) is 0 Å². The van der Waals surface area contributed by atoms with Crippen LogP contribution in [-0.2, 0) is 17.8 Å². The van der Waals surface area contributed by atoms with Crippen LogP contribution in [0.15, 0.2) is 42.6 Å². The number of aromatic nitrogens is 1. The van der Waals surface area contributed by atoms with Crippen LogP contribution in [0.5, 0.6) is 0 Å². The van der Waals surface area contributed by atoms with Gasteiger partial charge in [0.15, 0.2) is 0 Å². The Hall–Kier alpha value is -1.42. The molecule has 2 rings (SSSR count). The van der Waals surface area contributed by atoms with Crippen LogP contribution < -0.4 is 0 Å². The molecule has 0 unspecified atom stereocenters. The first kappa shape index (κ1) is 16.0. The number of benzene rings is 1. The molecule has 0 aliphatic heterocycles. The van der Waals surface area contributed by atoms with E-state index >= 15 is 0 Å². The fourth-order valence-electron chi connectivity index (χ4n) is 2.14. The van der Waals surface area contributed by atoms with Crippen LogP contribution in [0.2, 0.25) is 5.15 Å². The van der Waals surface area contributed by atoms with Crippen molar-refractivity contribution in [3.8, 4) is 0 Å². The Bertz CT molecular complexity index is 492. The van der Waals surface area contributed by atoms with Crippen molar-refractivity contribution in [1.82, 2.24) is 9.88 Å². The first-order valence-corrected chi connectivity index (χ1v) is 7.42. The predicted octanol–water partition coefficient (Wildman–Crippen LogP) is 3.69. The molecule has 112 valence electrons. The third kappa shape index (κ3) is 5.46. The third-order valence-corrected chi connectivity index (χ3v) is 3.56. The van der Waals surface area contributed by atoms with E-state index in [2.05, 4.69) is 41.1 Å².